The number of benzene rings is 1. The maximum absolute atomic E-state index is 12.3. The summed E-state index contributed by atoms with van der Waals surface area (Å²) in [5, 5.41) is 22.1. The van der Waals surface area contributed by atoms with Crippen LogP contribution in [0.25, 0.3) is 10.9 Å². The number of hydrogen-bond donors (Lipinski definition) is 3. The van der Waals surface area contributed by atoms with Crippen molar-refractivity contribution in [1.82, 2.24) is 9.88 Å². The van der Waals surface area contributed by atoms with E-state index in [0.29, 0.717) is 24.2 Å². The first kappa shape index (κ1) is 18.5. The van der Waals surface area contributed by atoms with Crippen LogP contribution in [0, 0.1) is 11.8 Å². The zero-order valence-corrected chi connectivity index (χ0v) is 15.3. The molecule has 0 saturated carbocycles. The molecule has 6 heteroatoms. The van der Waals surface area contributed by atoms with Crippen LogP contribution in [0.5, 0.6) is 0 Å². The maximum Gasteiger partial charge on any atom is 0.335 e. The standard InChI is InChI=1S/C20H26N2O4/c1-12(23)15-10-22(2)11-16(20(25)26-3)14(15)9-19(24)18-8-13-6-4-5-7-17(13)21-18/h4-8,11-12,14-15,19,21,23-24H,9-10H2,1-3H3/t12-,14+,15-,19?/m1/s1. The number of aromatic amines is 1. The molecule has 0 saturated heterocycles. The van der Waals surface area contributed by atoms with Crippen LogP contribution in [0.4, 0.5) is 0 Å². The first-order valence-electron chi connectivity index (χ1n) is 8.84. The molecule has 3 N–H and O–H groups in total. The molecule has 0 aliphatic carbocycles. The molecule has 26 heavy (non-hydrogen) atoms. The lowest BCUT2D eigenvalue weighted by atomic mass is 9.76. The van der Waals surface area contributed by atoms with Gasteiger partial charge in [0.1, 0.15) is 0 Å². The third kappa shape index (κ3) is 3.61. The van der Waals surface area contributed by atoms with Crippen molar-refractivity contribution >= 4 is 16.9 Å². The minimum atomic E-state index is -0.773. The Labute approximate surface area is 153 Å². The molecule has 2 aromatic rings. The number of carbonyl (C=O) groups excluding carboxylic acids is 1. The van der Waals surface area contributed by atoms with E-state index in [0.717, 1.165) is 10.9 Å². The van der Waals surface area contributed by atoms with E-state index in [9.17, 15) is 15.0 Å². The molecule has 1 aliphatic heterocycles. The highest BCUT2D eigenvalue weighted by molar-refractivity contribution is 5.89. The van der Waals surface area contributed by atoms with E-state index in [1.54, 1.807) is 13.1 Å². The van der Waals surface area contributed by atoms with Crippen molar-refractivity contribution in [1.29, 1.82) is 0 Å². The van der Waals surface area contributed by atoms with Crippen LogP contribution < -0.4 is 0 Å². The fourth-order valence-corrected chi connectivity index (χ4v) is 3.83. The smallest absolute Gasteiger partial charge is 0.335 e. The van der Waals surface area contributed by atoms with Crippen molar-refractivity contribution in [2.75, 3.05) is 20.7 Å². The Hall–Kier alpha value is -2.31. The Morgan fingerprint density at radius 2 is 2.12 bits per heavy atom. The summed E-state index contributed by atoms with van der Waals surface area (Å²) in [6.45, 7) is 2.34. The number of rotatable bonds is 5. The molecular weight excluding hydrogens is 332 g/mol. The maximum atomic E-state index is 12.3. The highest BCUT2D eigenvalue weighted by atomic mass is 16.5. The van der Waals surface area contributed by atoms with E-state index in [-0.39, 0.29) is 11.8 Å². The number of hydrogen-bond acceptors (Lipinski definition) is 5. The topological polar surface area (TPSA) is 85.8 Å². The van der Waals surface area contributed by atoms with Crippen molar-refractivity contribution in [3.05, 3.63) is 47.8 Å². The number of H-pyrrole nitrogens is 1. The second-order valence-corrected chi connectivity index (χ2v) is 7.09. The number of aromatic nitrogens is 1. The van der Waals surface area contributed by atoms with Gasteiger partial charge in [-0.05, 0) is 30.9 Å². The normalized spacial score (nSPS) is 22.8. The minimum absolute atomic E-state index is 0.168. The number of carbonyl (C=O) groups is 1. The van der Waals surface area contributed by atoms with Gasteiger partial charge in [-0.3, -0.25) is 0 Å². The van der Waals surface area contributed by atoms with E-state index < -0.39 is 18.2 Å². The largest absolute Gasteiger partial charge is 0.466 e. The molecule has 1 aromatic carbocycles. The summed E-state index contributed by atoms with van der Waals surface area (Å²) in [7, 11) is 3.21. The fraction of sp³-hybridized carbons (Fsp3) is 0.450. The third-order valence-electron chi connectivity index (χ3n) is 5.20. The predicted molar refractivity (Wildman–Crippen MR) is 99.3 cm³/mol. The average molecular weight is 358 g/mol. The van der Waals surface area contributed by atoms with Gasteiger partial charge < -0.3 is 24.8 Å². The molecule has 2 heterocycles. The Balaban J connectivity index is 1.89. The SMILES string of the molecule is COC(=O)C1=CN(C)C[C@H]([C@@H](C)O)[C@@H]1CC(O)c1cc2ccccc2[nH]1. The Morgan fingerprint density at radius 3 is 2.77 bits per heavy atom. The summed E-state index contributed by atoms with van der Waals surface area (Å²) in [5.74, 6) is -0.880. The van der Waals surface area contributed by atoms with Gasteiger partial charge in [0.2, 0.25) is 0 Å². The number of aliphatic hydroxyl groups is 2. The Morgan fingerprint density at radius 1 is 1.38 bits per heavy atom. The average Bonchev–Trinajstić information content (AvgIpc) is 3.06. The molecule has 1 aliphatic rings. The number of para-hydroxylation sites is 1. The number of aliphatic hydroxyl groups excluding tert-OH is 2. The lowest BCUT2D eigenvalue weighted by Gasteiger charge is -2.38. The van der Waals surface area contributed by atoms with Gasteiger partial charge in [0.15, 0.2) is 0 Å². The van der Waals surface area contributed by atoms with Crippen LogP contribution in [-0.2, 0) is 9.53 Å². The van der Waals surface area contributed by atoms with E-state index >= 15 is 0 Å². The predicted octanol–water partition coefficient (Wildman–Crippen LogP) is 2.21. The van der Waals surface area contributed by atoms with Crippen molar-refractivity contribution < 1.29 is 19.7 Å². The van der Waals surface area contributed by atoms with E-state index in [1.165, 1.54) is 7.11 Å². The van der Waals surface area contributed by atoms with Crippen LogP contribution in [0.1, 0.15) is 25.1 Å². The molecule has 1 unspecified atom stereocenters. The van der Waals surface area contributed by atoms with E-state index in [4.69, 9.17) is 4.74 Å². The first-order chi connectivity index (χ1) is 12.4. The Bertz CT molecular complexity index is 778. The van der Waals surface area contributed by atoms with Gasteiger partial charge in [-0.15, -0.1) is 0 Å². The van der Waals surface area contributed by atoms with Crippen molar-refractivity contribution in [3.8, 4) is 0 Å². The molecule has 0 fully saturated rings. The third-order valence-corrected chi connectivity index (χ3v) is 5.20. The molecule has 0 spiro atoms. The first-order valence-corrected chi connectivity index (χ1v) is 8.84. The lowest BCUT2D eigenvalue weighted by molar-refractivity contribution is -0.137. The van der Waals surface area contributed by atoms with Gasteiger partial charge in [-0.25, -0.2) is 4.79 Å². The monoisotopic (exact) mass is 358 g/mol. The van der Waals surface area contributed by atoms with Crippen LogP contribution >= 0.6 is 0 Å². The molecule has 6 nitrogen and oxygen atoms in total. The molecule has 0 amide bonds. The van der Waals surface area contributed by atoms with Gasteiger partial charge in [-0.1, -0.05) is 18.2 Å². The molecule has 4 atom stereocenters. The minimum Gasteiger partial charge on any atom is -0.466 e. The summed E-state index contributed by atoms with van der Waals surface area (Å²) < 4.78 is 4.93. The summed E-state index contributed by atoms with van der Waals surface area (Å²) in [4.78, 5) is 17.4. The fourth-order valence-electron chi connectivity index (χ4n) is 3.83. The van der Waals surface area contributed by atoms with E-state index in [1.807, 2.05) is 42.3 Å². The zero-order chi connectivity index (χ0) is 18.8. The summed E-state index contributed by atoms with van der Waals surface area (Å²) in [5.41, 5.74) is 2.15. The van der Waals surface area contributed by atoms with Crippen molar-refractivity contribution in [2.24, 2.45) is 11.8 Å². The highest BCUT2D eigenvalue weighted by Gasteiger charge is 2.38. The quantitative estimate of drug-likeness (QED) is 0.714. The van der Waals surface area contributed by atoms with Crippen LogP contribution in [0.3, 0.4) is 0 Å². The van der Waals surface area contributed by atoms with Gasteiger partial charge in [0.05, 0.1) is 24.9 Å². The summed E-state index contributed by atoms with van der Waals surface area (Å²) in [6.07, 6.45) is 0.709. The van der Waals surface area contributed by atoms with Crippen molar-refractivity contribution in [3.63, 3.8) is 0 Å². The number of methoxy groups -OCH3 is 1. The summed E-state index contributed by atoms with van der Waals surface area (Å²) in [6, 6.07) is 9.75. The lowest BCUT2D eigenvalue weighted by Crippen LogP contribution is -2.42. The second kappa shape index (κ2) is 7.51. The van der Waals surface area contributed by atoms with E-state index in [2.05, 4.69) is 4.98 Å². The molecule has 0 bridgehead atoms. The van der Waals surface area contributed by atoms with Gasteiger partial charge in [0, 0.05) is 42.8 Å². The zero-order valence-electron chi connectivity index (χ0n) is 15.3. The number of fused-ring (bicyclic) bond motifs is 1. The van der Waals surface area contributed by atoms with Crippen LogP contribution in [0.15, 0.2) is 42.1 Å². The van der Waals surface area contributed by atoms with Crippen molar-refractivity contribution in [2.45, 2.75) is 25.6 Å². The number of nitrogens with one attached hydrogen (secondary N) is 1. The molecule has 140 valence electrons. The van der Waals surface area contributed by atoms with Crippen LogP contribution in [0.2, 0.25) is 0 Å². The number of nitrogens with zero attached hydrogens (tertiary/aromatic N) is 1. The molecule has 1 aromatic heterocycles. The molecule has 3 rings (SSSR count). The van der Waals surface area contributed by atoms with Gasteiger partial charge >= 0.3 is 5.97 Å². The second-order valence-electron chi connectivity index (χ2n) is 7.09. The number of esters is 1. The summed E-state index contributed by atoms with van der Waals surface area (Å²) >= 11 is 0. The molecule has 0 radical (unpaired) electrons. The van der Waals surface area contributed by atoms with Crippen LogP contribution in [-0.4, -0.2) is 52.9 Å². The molecular formula is C20H26N2O4. The van der Waals surface area contributed by atoms with Gasteiger partial charge in [-0.2, -0.15) is 0 Å². The Kier molecular flexibility index (Phi) is 5.34. The van der Waals surface area contributed by atoms with Gasteiger partial charge in [0.25, 0.3) is 0 Å². The number of ether oxygens (including phenoxy) is 1. The highest BCUT2D eigenvalue weighted by Crippen LogP contribution is 2.37.